The van der Waals surface area contributed by atoms with E-state index in [4.69, 9.17) is 4.74 Å². The minimum atomic E-state index is -0.713. The molecule has 0 saturated carbocycles. The predicted molar refractivity (Wildman–Crippen MR) is 90.8 cm³/mol. The Hall–Kier alpha value is -0.380. The van der Waals surface area contributed by atoms with E-state index in [9.17, 15) is 9.59 Å². The van der Waals surface area contributed by atoms with Gasteiger partial charge in [0.15, 0.2) is 0 Å². The molecular weight excluding hydrogens is 332 g/mol. The first-order chi connectivity index (χ1) is 10.2. The van der Waals surface area contributed by atoms with Crippen LogP contribution in [0.3, 0.4) is 0 Å². The van der Waals surface area contributed by atoms with Crippen molar-refractivity contribution in [1.29, 1.82) is 0 Å². The Morgan fingerprint density at radius 2 is 1.19 bits per heavy atom. The first-order valence-electron chi connectivity index (χ1n) is 8.48. The molecular formula is C17H31BrO3. The molecule has 0 N–H and O–H groups in total. The van der Waals surface area contributed by atoms with Gasteiger partial charge in [0.2, 0.25) is 5.78 Å². The summed E-state index contributed by atoms with van der Waals surface area (Å²) in [6.07, 6.45) is 15.3. The molecule has 21 heavy (non-hydrogen) atoms. The summed E-state index contributed by atoms with van der Waals surface area (Å²) in [5.41, 5.74) is 0. The van der Waals surface area contributed by atoms with Crippen molar-refractivity contribution >= 4 is 27.7 Å². The van der Waals surface area contributed by atoms with Gasteiger partial charge in [-0.2, -0.15) is 0 Å². The highest BCUT2D eigenvalue weighted by atomic mass is 79.9. The van der Waals surface area contributed by atoms with Gasteiger partial charge < -0.3 is 4.74 Å². The molecule has 0 aliphatic heterocycles. The summed E-state index contributed by atoms with van der Waals surface area (Å²) in [5, 5.41) is 0.0459. The lowest BCUT2D eigenvalue weighted by atomic mass is 10.1. The van der Waals surface area contributed by atoms with Gasteiger partial charge in [0.05, 0.1) is 11.9 Å². The number of Topliss-reactive ketones (excluding diaryl/α,β-unsaturated/α-hetero) is 1. The fourth-order valence-corrected chi connectivity index (χ4v) is 2.47. The van der Waals surface area contributed by atoms with Crippen molar-refractivity contribution in [2.75, 3.05) is 11.9 Å². The Kier molecular flexibility index (Phi) is 15.7. The molecule has 0 aromatic rings. The Morgan fingerprint density at radius 1 is 0.762 bits per heavy atom. The van der Waals surface area contributed by atoms with Crippen molar-refractivity contribution < 1.29 is 14.3 Å². The SMILES string of the molecule is CCCCCCCCCCCCCCOC(=O)C(=O)CBr. The quantitative estimate of drug-likeness (QED) is 0.174. The van der Waals surface area contributed by atoms with Gasteiger partial charge in [-0.1, -0.05) is 93.5 Å². The van der Waals surface area contributed by atoms with Crippen LogP contribution in [-0.4, -0.2) is 23.7 Å². The number of esters is 1. The van der Waals surface area contributed by atoms with Crippen LogP contribution in [0.5, 0.6) is 0 Å². The monoisotopic (exact) mass is 362 g/mol. The standard InChI is InChI=1S/C17H31BrO3/c1-2-3-4-5-6-7-8-9-10-11-12-13-14-21-17(20)16(19)15-18/h2-15H2,1H3. The highest BCUT2D eigenvalue weighted by Crippen LogP contribution is 2.11. The van der Waals surface area contributed by atoms with Crippen LogP contribution in [0.4, 0.5) is 0 Å². The van der Waals surface area contributed by atoms with E-state index in [0.717, 1.165) is 12.8 Å². The Morgan fingerprint density at radius 3 is 1.62 bits per heavy atom. The molecule has 4 heteroatoms. The van der Waals surface area contributed by atoms with E-state index in [1.165, 1.54) is 64.2 Å². The summed E-state index contributed by atoms with van der Waals surface area (Å²) < 4.78 is 4.87. The fourth-order valence-electron chi connectivity index (χ4n) is 2.24. The van der Waals surface area contributed by atoms with E-state index < -0.39 is 11.8 Å². The number of carbonyl (C=O) groups excluding carboxylic acids is 2. The van der Waals surface area contributed by atoms with Crippen LogP contribution in [0.25, 0.3) is 0 Å². The van der Waals surface area contributed by atoms with Crippen LogP contribution in [0.2, 0.25) is 0 Å². The molecule has 0 aliphatic rings. The predicted octanol–water partition coefficient (Wildman–Crippen LogP) is 5.19. The Balaban J connectivity index is 3.12. The van der Waals surface area contributed by atoms with E-state index in [2.05, 4.69) is 22.9 Å². The minimum Gasteiger partial charge on any atom is -0.460 e. The Labute approximate surface area is 138 Å². The number of hydrogen-bond acceptors (Lipinski definition) is 3. The third-order valence-electron chi connectivity index (χ3n) is 3.58. The van der Waals surface area contributed by atoms with Crippen LogP contribution in [-0.2, 0) is 14.3 Å². The molecule has 0 fully saturated rings. The number of carbonyl (C=O) groups is 2. The highest BCUT2D eigenvalue weighted by molar-refractivity contribution is 9.09. The maximum Gasteiger partial charge on any atom is 0.375 e. The molecule has 3 nitrogen and oxygen atoms in total. The van der Waals surface area contributed by atoms with E-state index in [-0.39, 0.29) is 5.33 Å². The van der Waals surface area contributed by atoms with Gasteiger partial charge in [-0.3, -0.25) is 4.79 Å². The topological polar surface area (TPSA) is 43.4 Å². The molecule has 0 amide bonds. The third kappa shape index (κ3) is 14.3. The average molecular weight is 363 g/mol. The lowest BCUT2D eigenvalue weighted by molar-refractivity contribution is -0.152. The lowest BCUT2D eigenvalue weighted by Gasteiger charge is -2.04. The van der Waals surface area contributed by atoms with Crippen LogP contribution < -0.4 is 0 Å². The van der Waals surface area contributed by atoms with Crippen LogP contribution in [0.1, 0.15) is 84.0 Å². The maximum absolute atomic E-state index is 11.1. The summed E-state index contributed by atoms with van der Waals surface area (Å²) in [6, 6.07) is 0. The third-order valence-corrected chi connectivity index (χ3v) is 4.09. The largest absolute Gasteiger partial charge is 0.460 e. The molecule has 0 aromatic heterocycles. The van der Waals surface area contributed by atoms with Crippen LogP contribution >= 0.6 is 15.9 Å². The Bertz CT molecular complexity index is 267. The smallest absolute Gasteiger partial charge is 0.375 e. The zero-order valence-corrected chi connectivity index (χ0v) is 15.1. The van der Waals surface area contributed by atoms with Crippen molar-refractivity contribution in [2.24, 2.45) is 0 Å². The molecule has 0 unspecified atom stereocenters. The molecule has 0 saturated heterocycles. The first-order valence-corrected chi connectivity index (χ1v) is 9.60. The summed E-state index contributed by atoms with van der Waals surface area (Å²) in [5.74, 6) is -1.22. The van der Waals surface area contributed by atoms with Gasteiger partial charge >= 0.3 is 5.97 Å². The number of ether oxygens (including phenoxy) is 1. The van der Waals surface area contributed by atoms with Gasteiger partial charge in [-0.05, 0) is 6.42 Å². The summed E-state index contributed by atoms with van der Waals surface area (Å²) >= 11 is 2.95. The number of unbranched alkanes of at least 4 members (excludes halogenated alkanes) is 11. The second-order valence-corrected chi connectivity index (χ2v) is 6.14. The molecule has 0 bridgehead atoms. The molecule has 124 valence electrons. The normalized spacial score (nSPS) is 10.6. The van der Waals surface area contributed by atoms with Gasteiger partial charge in [-0.25, -0.2) is 4.79 Å². The molecule has 0 aliphatic carbocycles. The van der Waals surface area contributed by atoms with Gasteiger partial charge in [0.25, 0.3) is 0 Å². The fraction of sp³-hybridized carbons (Fsp3) is 0.882. The van der Waals surface area contributed by atoms with Crippen LogP contribution in [0, 0.1) is 0 Å². The first kappa shape index (κ1) is 20.6. The van der Waals surface area contributed by atoms with Gasteiger partial charge in [-0.15, -0.1) is 0 Å². The summed E-state index contributed by atoms with van der Waals surface area (Å²) in [7, 11) is 0. The molecule has 0 spiro atoms. The molecule has 0 atom stereocenters. The van der Waals surface area contributed by atoms with Crippen molar-refractivity contribution in [3.8, 4) is 0 Å². The van der Waals surface area contributed by atoms with Crippen molar-refractivity contribution in [3.63, 3.8) is 0 Å². The molecule has 0 rings (SSSR count). The lowest BCUT2D eigenvalue weighted by Crippen LogP contribution is -2.18. The molecule has 0 aromatic carbocycles. The number of hydrogen-bond donors (Lipinski definition) is 0. The minimum absolute atomic E-state index is 0.0459. The van der Waals surface area contributed by atoms with Crippen molar-refractivity contribution in [2.45, 2.75) is 84.0 Å². The number of ketones is 1. The maximum atomic E-state index is 11.1. The van der Waals surface area contributed by atoms with E-state index in [1.54, 1.807) is 0 Å². The number of halogens is 1. The van der Waals surface area contributed by atoms with Crippen molar-refractivity contribution in [3.05, 3.63) is 0 Å². The van der Waals surface area contributed by atoms with Crippen molar-refractivity contribution in [1.82, 2.24) is 0 Å². The van der Waals surface area contributed by atoms with Gasteiger partial charge in [0.1, 0.15) is 0 Å². The molecule has 0 radical (unpaired) electrons. The highest BCUT2D eigenvalue weighted by Gasteiger charge is 2.12. The van der Waals surface area contributed by atoms with E-state index in [1.807, 2.05) is 0 Å². The second-order valence-electron chi connectivity index (χ2n) is 5.58. The second kappa shape index (κ2) is 16.0. The zero-order chi connectivity index (χ0) is 15.8. The summed E-state index contributed by atoms with van der Waals surface area (Å²) in [6.45, 7) is 2.62. The van der Waals surface area contributed by atoms with E-state index >= 15 is 0 Å². The zero-order valence-electron chi connectivity index (χ0n) is 13.5. The average Bonchev–Trinajstić information content (AvgIpc) is 2.50. The number of rotatable bonds is 15. The van der Waals surface area contributed by atoms with E-state index in [0.29, 0.717) is 6.61 Å². The summed E-state index contributed by atoms with van der Waals surface area (Å²) in [4.78, 5) is 22.0. The molecule has 0 heterocycles. The van der Waals surface area contributed by atoms with Crippen LogP contribution in [0.15, 0.2) is 0 Å². The van der Waals surface area contributed by atoms with Gasteiger partial charge in [0, 0.05) is 0 Å². The number of alkyl halides is 1.